The Hall–Kier alpha value is -4.15. The molecule has 0 fully saturated rings. The highest BCUT2D eigenvalue weighted by Gasteiger charge is 2.41. The Morgan fingerprint density at radius 2 is 1.09 bits per heavy atom. The van der Waals surface area contributed by atoms with Crippen molar-refractivity contribution in [1.29, 1.82) is 0 Å². The summed E-state index contributed by atoms with van der Waals surface area (Å²) in [7, 11) is -0.735. The van der Waals surface area contributed by atoms with Gasteiger partial charge in [0, 0.05) is 20.4 Å². The molecule has 8 rings (SSSR count). The molecule has 3 aliphatic heterocycles. The van der Waals surface area contributed by atoms with E-state index in [-0.39, 0.29) is 0 Å². The van der Waals surface area contributed by atoms with Crippen molar-refractivity contribution < 1.29 is 4.74 Å². The molecule has 3 aliphatic rings. The van der Waals surface area contributed by atoms with E-state index in [0.717, 1.165) is 17.2 Å². The lowest BCUT2D eigenvalue weighted by molar-refractivity contribution is 0.475. The van der Waals surface area contributed by atoms with Crippen LogP contribution < -0.4 is 14.5 Å². The van der Waals surface area contributed by atoms with Crippen molar-refractivity contribution in [2.24, 2.45) is 0 Å². The van der Waals surface area contributed by atoms with Gasteiger partial charge in [0.25, 0.3) is 0 Å². The van der Waals surface area contributed by atoms with Crippen LogP contribution in [0, 0.1) is 0 Å². The van der Waals surface area contributed by atoms with Gasteiger partial charge in [-0.3, -0.25) is 0 Å². The molecular formula is C30H20N2OS. The highest BCUT2D eigenvalue weighted by atomic mass is 32.2. The molecule has 0 radical (unpaired) electrons. The van der Waals surface area contributed by atoms with Gasteiger partial charge < -0.3 is 14.5 Å². The van der Waals surface area contributed by atoms with Gasteiger partial charge in [0.2, 0.25) is 0 Å². The second-order valence-corrected chi connectivity index (χ2v) is 10.8. The molecule has 1 unspecified atom stereocenters. The Bertz CT molecular complexity index is 1610. The van der Waals surface area contributed by atoms with Crippen molar-refractivity contribution >= 4 is 45.0 Å². The summed E-state index contributed by atoms with van der Waals surface area (Å²) < 4.78 is 6.42. The fourth-order valence-corrected chi connectivity index (χ4v) is 8.37. The van der Waals surface area contributed by atoms with E-state index in [1.807, 2.05) is 6.07 Å². The first-order chi connectivity index (χ1) is 16.9. The van der Waals surface area contributed by atoms with Crippen LogP contribution in [0.2, 0.25) is 0 Å². The minimum atomic E-state index is -0.735. The van der Waals surface area contributed by atoms with Gasteiger partial charge in [0.05, 0.1) is 22.7 Å². The summed E-state index contributed by atoms with van der Waals surface area (Å²) in [5.41, 5.74) is 7.21. The maximum atomic E-state index is 6.42. The number of para-hydroxylation sites is 5. The summed E-state index contributed by atoms with van der Waals surface area (Å²) in [4.78, 5) is 8.98. The van der Waals surface area contributed by atoms with Crippen LogP contribution in [-0.4, -0.2) is 0 Å². The molecule has 0 saturated carbocycles. The van der Waals surface area contributed by atoms with Crippen LogP contribution in [0.3, 0.4) is 0 Å². The van der Waals surface area contributed by atoms with E-state index in [1.54, 1.807) is 0 Å². The molecule has 0 spiro atoms. The number of rotatable bonds is 1. The van der Waals surface area contributed by atoms with Gasteiger partial charge in [0.15, 0.2) is 11.5 Å². The van der Waals surface area contributed by atoms with Gasteiger partial charge in [-0.05, 0) is 60.7 Å². The fourth-order valence-electron chi connectivity index (χ4n) is 5.52. The Morgan fingerprint density at radius 3 is 1.97 bits per heavy atom. The van der Waals surface area contributed by atoms with Gasteiger partial charge in [-0.1, -0.05) is 54.6 Å². The molecule has 0 aromatic heterocycles. The predicted octanol–water partition coefficient (Wildman–Crippen LogP) is 8.84. The molecule has 3 heterocycles. The van der Waals surface area contributed by atoms with E-state index in [9.17, 15) is 0 Å². The van der Waals surface area contributed by atoms with Crippen LogP contribution in [0.4, 0.5) is 34.1 Å². The van der Waals surface area contributed by atoms with E-state index in [1.165, 1.54) is 43.1 Å². The van der Waals surface area contributed by atoms with Crippen LogP contribution in [-0.2, 0) is 0 Å². The average molecular weight is 457 g/mol. The minimum absolute atomic E-state index is 0.735. The average Bonchev–Trinajstić information content (AvgIpc) is 2.90. The smallest absolute Gasteiger partial charge is 0.152 e. The van der Waals surface area contributed by atoms with Crippen LogP contribution >= 0.6 is 10.9 Å². The highest BCUT2D eigenvalue weighted by Crippen LogP contribution is 2.72. The highest BCUT2D eigenvalue weighted by molar-refractivity contribution is 8.17. The third kappa shape index (κ3) is 2.28. The van der Waals surface area contributed by atoms with E-state index in [0.29, 0.717) is 0 Å². The first kappa shape index (κ1) is 18.3. The number of benzene rings is 5. The number of ether oxygens (including phenoxy) is 1. The summed E-state index contributed by atoms with van der Waals surface area (Å²) >= 11 is 0. The topological polar surface area (TPSA) is 15.7 Å². The maximum Gasteiger partial charge on any atom is 0.152 e. The van der Waals surface area contributed by atoms with Gasteiger partial charge in [-0.15, -0.1) is 0 Å². The third-order valence-corrected chi connectivity index (χ3v) is 9.45. The SMILES string of the molecule is c1ccc(N2c3ccccc3[SH]3c4cccc5c4N(c4ccccc4O5)c4cccc2c43)cc1. The normalized spacial score (nSPS) is 17.1. The van der Waals surface area contributed by atoms with Crippen LogP contribution in [0.1, 0.15) is 0 Å². The molecule has 0 bridgehead atoms. The van der Waals surface area contributed by atoms with Gasteiger partial charge in [-0.25, -0.2) is 0 Å². The Balaban J connectivity index is 1.50. The first-order valence-corrected chi connectivity index (χ1v) is 12.8. The van der Waals surface area contributed by atoms with Crippen molar-refractivity contribution in [3.63, 3.8) is 0 Å². The Labute approximate surface area is 200 Å². The van der Waals surface area contributed by atoms with E-state index < -0.39 is 10.9 Å². The van der Waals surface area contributed by atoms with Gasteiger partial charge >= 0.3 is 0 Å². The number of thiol groups is 1. The molecule has 162 valence electrons. The Kier molecular flexibility index (Phi) is 3.60. The summed E-state index contributed by atoms with van der Waals surface area (Å²) in [5.74, 6) is 1.82. The van der Waals surface area contributed by atoms with Crippen LogP contribution in [0.25, 0.3) is 0 Å². The Morgan fingerprint density at radius 1 is 0.471 bits per heavy atom. The number of nitrogens with zero attached hydrogens (tertiary/aromatic N) is 2. The number of anilines is 6. The van der Waals surface area contributed by atoms with Crippen molar-refractivity contribution in [2.45, 2.75) is 14.7 Å². The predicted molar refractivity (Wildman–Crippen MR) is 140 cm³/mol. The molecule has 34 heavy (non-hydrogen) atoms. The molecular weight excluding hydrogens is 436 g/mol. The van der Waals surface area contributed by atoms with Crippen LogP contribution in [0.15, 0.2) is 130 Å². The zero-order valence-electron chi connectivity index (χ0n) is 18.2. The second-order valence-electron chi connectivity index (χ2n) is 8.67. The second kappa shape index (κ2) is 6.69. The quantitative estimate of drug-likeness (QED) is 0.248. The molecule has 0 aliphatic carbocycles. The number of fused-ring (bicyclic) bond motifs is 6. The summed E-state index contributed by atoms with van der Waals surface area (Å²) in [6.07, 6.45) is 0. The number of hydrogen-bond acceptors (Lipinski definition) is 3. The molecule has 5 aromatic carbocycles. The van der Waals surface area contributed by atoms with E-state index >= 15 is 0 Å². The first-order valence-electron chi connectivity index (χ1n) is 11.5. The van der Waals surface area contributed by atoms with Crippen LogP contribution in [0.5, 0.6) is 11.5 Å². The van der Waals surface area contributed by atoms with Gasteiger partial charge in [-0.2, -0.15) is 10.9 Å². The molecule has 4 heteroatoms. The van der Waals surface area contributed by atoms with E-state index in [2.05, 4.69) is 119 Å². The lowest BCUT2D eigenvalue weighted by Crippen LogP contribution is -2.25. The fraction of sp³-hybridized carbons (Fsp3) is 0. The summed E-state index contributed by atoms with van der Waals surface area (Å²) in [5, 5.41) is 0. The molecule has 0 saturated heterocycles. The zero-order valence-corrected chi connectivity index (χ0v) is 19.1. The summed E-state index contributed by atoms with van der Waals surface area (Å²) in [6, 6.07) is 41.2. The molecule has 3 nitrogen and oxygen atoms in total. The van der Waals surface area contributed by atoms with Crippen molar-refractivity contribution in [3.05, 3.63) is 115 Å². The maximum absolute atomic E-state index is 6.42. The van der Waals surface area contributed by atoms with Gasteiger partial charge in [0.1, 0.15) is 5.69 Å². The van der Waals surface area contributed by atoms with Crippen molar-refractivity contribution in [2.75, 3.05) is 9.80 Å². The minimum Gasteiger partial charge on any atom is -0.453 e. The molecule has 5 aromatic rings. The lowest BCUT2D eigenvalue weighted by Gasteiger charge is -2.47. The van der Waals surface area contributed by atoms with Crippen molar-refractivity contribution in [3.8, 4) is 11.5 Å². The van der Waals surface area contributed by atoms with Crippen molar-refractivity contribution in [1.82, 2.24) is 0 Å². The number of hydrogen-bond donors (Lipinski definition) is 1. The summed E-state index contributed by atoms with van der Waals surface area (Å²) in [6.45, 7) is 0. The molecule has 1 atom stereocenters. The monoisotopic (exact) mass is 456 g/mol. The third-order valence-electron chi connectivity index (χ3n) is 6.85. The van der Waals surface area contributed by atoms with E-state index in [4.69, 9.17) is 4.74 Å². The largest absolute Gasteiger partial charge is 0.453 e. The molecule has 0 N–H and O–H groups in total. The zero-order chi connectivity index (χ0) is 22.2. The standard InChI is InChI=1S/C30H20N2OS/c1-2-10-20(11-3-1)31-22-13-5-7-18-27(22)34-28-19-9-17-26-29(28)32(21-12-4-6-16-25(21)33-26)24-15-8-14-23(31)30(24)34/h1-19,34H. The lowest BCUT2D eigenvalue weighted by atomic mass is 10.1. The molecule has 0 amide bonds.